The van der Waals surface area contributed by atoms with Crippen molar-refractivity contribution in [3.8, 4) is 0 Å². The van der Waals surface area contributed by atoms with Gasteiger partial charge in [0.05, 0.1) is 22.5 Å². The Balaban J connectivity index is 2.24. The molecule has 0 fully saturated rings. The van der Waals surface area contributed by atoms with Crippen LogP contribution in [0, 0.1) is 0 Å². The summed E-state index contributed by atoms with van der Waals surface area (Å²) in [5.74, 6) is 0.866. The molecule has 0 spiro atoms. The first kappa shape index (κ1) is 14.4. The standard InChI is InChI=1S/C17H16Cl2N2/c1-11(18)17-20-15-9-8-14(19)10-16(15)21(17)12(2)13-6-4-3-5-7-13/h3-12H,1-2H3. The molecule has 21 heavy (non-hydrogen) atoms. The van der Waals surface area contributed by atoms with Crippen LogP contribution in [0.3, 0.4) is 0 Å². The first-order chi connectivity index (χ1) is 10.1. The van der Waals surface area contributed by atoms with Gasteiger partial charge in [-0.2, -0.15) is 0 Å². The molecule has 0 aliphatic carbocycles. The summed E-state index contributed by atoms with van der Waals surface area (Å²) in [6.07, 6.45) is 0. The lowest BCUT2D eigenvalue weighted by molar-refractivity contribution is 0.618. The summed E-state index contributed by atoms with van der Waals surface area (Å²) < 4.78 is 2.17. The van der Waals surface area contributed by atoms with Crippen molar-refractivity contribution in [3.63, 3.8) is 0 Å². The Bertz CT molecular complexity index is 763. The molecular formula is C17H16Cl2N2. The molecule has 2 atom stereocenters. The molecule has 4 heteroatoms. The minimum absolute atomic E-state index is 0.144. The number of alkyl halides is 1. The Labute approximate surface area is 134 Å². The van der Waals surface area contributed by atoms with E-state index in [1.807, 2.05) is 43.3 Å². The molecule has 0 aliphatic rings. The maximum atomic E-state index is 6.33. The van der Waals surface area contributed by atoms with Gasteiger partial charge in [0.1, 0.15) is 5.82 Å². The SMILES string of the molecule is CC(Cl)c1nc2ccc(Cl)cc2n1C(C)c1ccccc1. The van der Waals surface area contributed by atoms with Crippen LogP contribution < -0.4 is 0 Å². The fraction of sp³-hybridized carbons (Fsp3) is 0.235. The highest BCUT2D eigenvalue weighted by Gasteiger charge is 2.20. The number of hydrogen-bond donors (Lipinski definition) is 0. The fourth-order valence-electron chi connectivity index (χ4n) is 2.65. The summed E-state index contributed by atoms with van der Waals surface area (Å²) in [6, 6.07) is 16.2. The molecule has 2 aromatic carbocycles. The number of nitrogens with zero attached hydrogens (tertiary/aromatic N) is 2. The summed E-state index contributed by atoms with van der Waals surface area (Å²) in [5, 5.41) is 0.542. The monoisotopic (exact) mass is 318 g/mol. The van der Waals surface area contributed by atoms with E-state index in [2.05, 4.69) is 28.6 Å². The third-order valence-electron chi connectivity index (χ3n) is 3.70. The molecule has 0 radical (unpaired) electrons. The molecule has 0 N–H and O–H groups in total. The van der Waals surface area contributed by atoms with E-state index in [-0.39, 0.29) is 11.4 Å². The van der Waals surface area contributed by atoms with Crippen LogP contribution >= 0.6 is 23.2 Å². The van der Waals surface area contributed by atoms with Gasteiger partial charge in [0.2, 0.25) is 0 Å². The normalized spacial score (nSPS) is 14.3. The topological polar surface area (TPSA) is 17.8 Å². The van der Waals surface area contributed by atoms with Gasteiger partial charge in [0.25, 0.3) is 0 Å². The van der Waals surface area contributed by atoms with Crippen molar-refractivity contribution in [3.05, 3.63) is 64.9 Å². The molecule has 2 unspecified atom stereocenters. The number of benzene rings is 2. The Morgan fingerprint density at radius 2 is 1.76 bits per heavy atom. The second kappa shape index (κ2) is 5.70. The lowest BCUT2D eigenvalue weighted by Crippen LogP contribution is -2.11. The summed E-state index contributed by atoms with van der Waals surface area (Å²) in [6.45, 7) is 4.10. The summed E-state index contributed by atoms with van der Waals surface area (Å²) in [7, 11) is 0. The molecule has 0 aliphatic heterocycles. The van der Waals surface area contributed by atoms with Crippen molar-refractivity contribution in [2.24, 2.45) is 0 Å². The van der Waals surface area contributed by atoms with Crippen LogP contribution in [-0.4, -0.2) is 9.55 Å². The maximum Gasteiger partial charge on any atom is 0.128 e. The van der Waals surface area contributed by atoms with E-state index in [9.17, 15) is 0 Å². The van der Waals surface area contributed by atoms with Gasteiger partial charge in [0.15, 0.2) is 0 Å². The second-order valence-corrected chi connectivity index (χ2v) is 6.27. The minimum Gasteiger partial charge on any atom is -0.319 e. The number of rotatable bonds is 3. The van der Waals surface area contributed by atoms with Crippen LogP contribution in [0.2, 0.25) is 5.02 Å². The molecule has 3 rings (SSSR count). The molecule has 1 aromatic heterocycles. The number of imidazole rings is 1. The first-order valence-corrected chi connectivity index (χ1v) is 7.75. The van der Waals surface area contributed by atoms with Crippen LogP contribution in [0.15, 0.2) is 48.5 Å². The van der Waals surface area contributed by atoms with Gasteiger partial charge >= 0.3 is 0 Å². The van der Waals surface area contributed by atoms with E-state index < -0.39 is 0 Å². The van der Waals surface area contributed by atoms with E-state index in [0.717, 1.165) is 16.9 Å². The number of fused-ring (bicyclic) bond motifs is 1. The quantitative estimate of drug-likeness (QED) is 0.575. The molecule has 0 amide bonds. The lowest BCUT2D eigenvalue weighted by Gasteiger charge is -2.19. The minimum atomic E-state index is -0.165. The van der Waals surface area contributed by atoms with E-state index in [1.165, 1.54) is 5.56 Å². The molecule has 3 aromatic rings. The predicted octanol–water partition coefficient (Wildman–Crippen LogP) is 5.60. The summed E-state index contributed by atoms with van der Waals surface area (Å²) in [5.41, 5.74) is 3.15. The first-order valence-electron chi connectivity index (χ1n) is 6.94. The Hall–Kier alpha value is -1.51. The van der Waals surface area contributed by atoms with Crippen molar-refractivity contribution < 1.29 is 0 Å². The third-order valence-corrected chi connectivity index (χ3v) is 4.13. The molecule has 108 valence electrons. The van der Waals surface area contributed by atoms with E-state index in [1.54, 1.807) is 0 Å². The lowest BCUT2D eigenvalue weighted by atomic mass is 10.1. The predicted molar refractivity (Wildman–Crippen MR) is 89.3 cm³/mol. The molecule has 0 saturated heterocycles. The summed E-state index contributed by atoms with van der Waals surface area (Å²) in [4.78, 5) is 4.67. The zero-order valence-electron chi connectivity index (χ0n) is 11.9. The number of halogens is 2. The average molecular weight is 319 g/mol. The van der Waals surface area contributed by atoms with Crippen molar-refractivity contribution >= 4 is 34.2 Å². The van der Waals surface area contributed by atoms with Crippen LogP contribution in [0.4, 0.5) is 0 Å². The van der Waals surface area contributed by atoms with Gasteiger partial charge in [-0.05, 0) is 37.6 Å². The van der Waals surface area contributed by atoms with Crippen LogP contribution in [0.25, 0.3) is 11.0 Å². The van der Waals surface area contributed by atoms with Crippen molar-refractivity contribution in [2.75, 3.05) is 0 Å². The summed E-state index contributed by atoms with van der Waals surface area (Å²) >= 11 is 12.5. The largest absolute Gasteiger partial charge is 0.319 e. The molecule has 1 heterocycles. The van der Waals surface area contributed by atoms with Gasteiger partial charge in [-0.15, -0.1) is 11.6 Å². The number of aromatic nitrogens is 2. The van der Waals surface area contributed by atoms with Crippen LogP contribution in [0.5, 0.6) is 0 Å². The van der Waals surface area contributed by atoms with E-state index >= 15 is 0 Å². The zero-order chi connectivity index (χ0) is 15.0. The maximum absolute atomic E-state index is 6.33. The molecular weight excluding hydrogens is 303 g/mol. The zero-order valence-corrected chi connectivity index (χ0v) is 13.4. The van der Waals surface area contributed by atoms with Crippen molar-refractivity contribution in [1.29, 1.82) is 0 Å². The fourth-order valence-corrected chi connectivity index (χ4v) is 2.97. The number of hydrogen-bond acceptors (Lipinski definition) is 1. The molecule has 0 bridgehead atoms. The highest BCUT2D eigenvalue weighted by Crippen LogP contribution is 2.32. The van der Waals surface area contributed by atoms with Gasteiger partial charge in [0, 0.05) is 5.02 Å². The van der Waals surface area contributed by atoms with Gasteiger partial charge in [-0.3, -0.25) is 0 Å². The Morgan fingerprint density at radius 3 is 2.43 bits per heavy atom. The highest BCUT2D eigenvalue weighted by atomic mass is 35.5. The van der Waals surface area contributed by atoms with E-state index in [0.29, 0.717) is 5.02 Å². The Morgan fingerprint density at radius 1 is 1.05 bits per heavy atom. The highest BCUT2D eigenvalue weighted by molar-refractivity contribution is 6.31. The van der Waals surface area contributed by atoms with E-state index in [4.69, 9.17) is 23.2 Å². The second-order valence-electron chi connectivity index (χ2n) is 5.18. The van der Waals surface area contributed by atoms with Crippen molar-refractivity contribution in [2.45, 2.75) is 25.3 Å². The van der Waals surface area contributed by atoms with Gasteiger partial charge < -0.3 is 4.57 Å². The smallest absolute Gasteiger partial charge is 0.128 e. The van der Waals surface area contributed by atoms with Crippen molar-refractivity contribution in [1.82, 2.24) is 9.55 Å². The van der Waals surface area contributed by atoms with Gasteiger partial charge in [-0.25, -0.2) is 4.98 Å². The third kappa shape index (κ3) is 2.66. The Kier molecular flexibility index (Phi) is 3.92. The van der Waals surface area contributed by atoms with Crippen LogP contribution in [0.1, 0.15) is 36.7 Å². The molecule has 2 nitrogen and oxygen atoms in total. The average Bonchev–Trinajstić information content (AvgIpc) is 2.86. The molecule has 0 saturated carbocycles. The van der Waals surface area contributed by atoms with Gasteiger partial charge in [-0.1, -0.05) is 41.9 Å². The van der Waals surface area contributed by atoms with Crippen LogP contribution in [-0.2, 0) is 0 Å².